The van der Waals surface area contributed by atoms with Crippen molar-refractivity contribution < 1.29 is 0 Å². The second kappa shape index (κ2) is 7.60. The summed E-state index contributed by atoms with van der Waals surface area (Å²) in [6.07, 6.45) is 1.05. The van der Waals surface area contributed by atoms with Crippen LogP contribution in [0.2, 0.25) is 10.0 Å². The van der Waals surface area contributed by atoms with Gasteiger partial charge in [-0.1, -0.05) is 48.4 Å². The molecular formula is C15H22Cl2N2S. The third-order valence-corrected chi connectivity index (χ3v) is 4.25. The summed E-state index contributed by atoms with van der Waals surface area (Å²) in [5.74, 6) is 0. The van der Waals surface area contributed by atoms with Gasteiger partial charge in [-0.3, -0.25) is 0 Å². The minimum absolute atomic E-state index is 0.0769. The van der Waals surface area contributed by atoms with Crippen LogP contribution in [0.1, 0.15) is 45.7 Å². The van der Waals surface area contributed by atoms with Crippen molar-refractivity contribution in [2.24, 2.45) is 0 Å². The van der Waals surface area contributed by atoms with Crippen LogP contribution in [0.3, 0.4) is 0 Å². The summed E-state index contributed by atoms with van der Waals surface area (Å²) in [6.45, 7) is 9.18. The Morgan fingerprint density at radius 3 is 2.45 bits per heavy atom. The summed E-state index contributed by atoms with van der Waals surface area (Å²) in [4.78, 5) is 0.761. The molecule has 1 rings (SSSR count). The van der Waals surface area contributed by atoms with Gasteiger partial charge in [0.15, 0.2) is 0 Å². The SMILES string of the molecule is CCC(C)(C)NCC(NC(C)=S)c1ccc(Cl)c(Cl)c1. The maximum absolute atomic E-state index is 6.10. The molecule has 2 N–H and O–H groups in total. The van der Waals surface area contributed by atoms with E-state index in [1.54, 1.807) is 0 Å². The van der Waals surface area contributed by atoms with Crippen molar-refractivity contribution in [3.8, 4) is 0 Å². The van der Waals surface area contributed by atoms with Crippen LogP contribution in [0.15, 0.2) is 18.2 Å². The van der Waals surface area contributed by atoms with Gasteiger partial charge in [-0.2, -0.15) is 0 Å². The van der Waals surface area contributed by atoms with Gasteiger partial charge in [0.2, 0.25) is 0 Å². The van der Waals surface area contributed by atoms with Crippen LogP contribution < -0.4 is 10.6 Å². The Kier molecular flexibility index (Phi) is 6.73. The maximum Gasteiger partial charge on any atom is 0.0727 e. The molecule has 1 aromatic carbocycles. The maximum atomic E-state index is 6.10. The number of benzene rings is 1. The molecule has 1 unspecified atom stereocenters. The van der Waals surface area contributed by atoms with E-state index in [0.717, 1.165) is 23.5 Å². The first-order chi connectivity index (χ1) is 9.25. The molecule has 0 saturated heterocycles. The van der Waals surface area contributed by atoms with Gasteiger partial charge in [0.25, 0.3) is 0 Å². The van der Waals surface area contributed by atoms with Crippen LogP contribution in [-0.2, 0) is 0 Å². The summed E-state index contributed by atoms with van der Waals surface area (Å²) in [5.41, 5.74) is 1.16. The minimum atomic E-state index is 0.0769. The highest BCUT2D eigenvalue weighted by Gasteiger charge is 2.19. The molecule has 0 aromatic heterocycles. The number of rotatable bonds is 6. The zero-order valence-electron chi connectivity index (χ0n) is 12.4. The molecule has 5 heteroatoms. The first kappa shape index (κ1) is 17.7. The molecule has 1 atom stereocenters. The molecule has 20 heavy (non-hydrogen) atoms. The molecule has 0 aliphatic heterocycles. The lowest BCUT2D eigenvalue weighted by atomic mass is 10.00. The standard InChI is InChI=1S/C15H22Cl2N2S/c1-5-15(3,4)18-9-14(19-10(2)20)11-6-7-12(16)13(17)8-11/h6-8,14,18H,5,9H2,1-4H3,(H,19,20). The van der Waals surface area contributed by atoms with Gasteiger partial charge in [0.1, 0.15) is 0 Å². The Hall–Kier alpha value is -0.350. The monoisotopic (exact) mass is 332 g/mol. The molecule has 0 heterocycles. The normalized spacial score (nSPS) is 13.1. The molecule has 0 amide bonds. The molecule has 0 radical (unpaired) electrons. The third-order valence-electron chi connectivity index (χ3n) is 3.39. The highest BCUT2D eigenvalue weighted by molar-refractivity contribution is 7.80. The molecule has 0 bridgehead atoms. The number of thiocarbonyl (C=S) groups is 1. The zero-order valence-corrected chi connectivity index (χ0v) is 14.7. The van der Waals surface area contributed by atoms with Crippen molar-refractivity contribution in [1.29, 1.82) is 0 Å². The van der Waals surface area contributed by atoms with E-state index in [1.165, 1.54) is 0 Å². The molecular weight excluding hydrogens is 311 g/mol. The van der Waals surface area contributed by atoms with Gasteiger partial charge < -0.3 is 10.6 Å². The molecule has 0 spiro atoms. The smallest absolute Gasteiger partial charge is 0.0727 e. The summed E-state index contributed by atoms with van der Waals surface area (Å²) < 4.78 is 0. The van der Waals surface area contributed by atoms with Crippen molar-refractivity contribution in [1.82, 2.24) is 10.6 Å². The van der Waals surface area contributed by atoms with Crippen LogP contribution in [-0.4, -0.2) is 17.1 Å². The van der Waals surface area contributed by atoms with Crippen LogP contribution >= 0.6 is 35.4 Å². The highest BCUT2D eigenvalue weighted by Crippen LogP contribution is 2.26. The van der Waals surface area contributed by atoms with Gasteiger partial charge in [-0.05, 0) is 44.9 Å². The molecule has 1 aromatic rings. The minimum Gasteiger partial charge on any atom is -0.372 e. The Labute approximate surface area is 137 Å². The van der Waals surface area contributed by atoms with E-state index in [2.05, 4.69) is 31.4 Å². The Balaban J connectivity index is 2.88. The topological polar surface area (TPSA) is 24.1 Å². The van der Waals surface area contributed by atoms with E-state index in [0.29, 0.717) is 10.0 Å². The van der Waals surface area contributed by atoms with Gasteiger partial charge >= 0.3 is 0 Å². The van der Waals surface area contributed by atoms with Crippen molar-refractivity contribution in [2.75, 3.05) is 6.54 Å². The summed E-state index contributed by atoms with van der Waals surface area (Å²) >= 11 is 17.2. The first-order valence-corrected chi connectivity index (χ1v) is 7.88. The van der Waals surface area contributed by atoms with Crippen LogP contribution in [0, 0.1) is 0 Å². The predicted molar refractivity (Wildman–Crippen MR) is 93.0 cm³/mol. The lowest BCUT2D eigenvalue weighted by Crippen LogP contribution is -2.44. The van der Waals surface area contributed by atoms with Gasteiger partial charge in [-0.25, -0.2) is 0 Å². The summed E-state index contributed by atoms with van der Waals surface area (Å²) in [7, 11) is 0. The number of halogens is 2. The van der Waals surface area contributed by atoms with E-state index in [9.17, 15) is 0 Å². The second-order valence-electron chi connectivity index (χ2n) is 5.54. The van der Waals surface area contributed by atoms with E-state index >= 15 is 0 Å². The van der Waals surface area contributed by atoms with E-state index in [-0.39, 0.29) is 11.6 Å². The molecule has 0 fully saturated rings. The van der Waals surface area contributed by atoms with Crippen LogP contribution in [0.4, 0.5) is 0 Å². The molecule has 0 aliphatic rings. The fraction of sp³-hybridized carbons (Fsp3) is 0.533. The third kappa shape index (κ3) is 5.57. The fourth-order valence-electron chi connectivity index (χ4n) is 1.73. The lowest BCUT2D eigenvalue weighted by Gasteiger charge is -2.29. The van der Waals surface area contributed by atoms with E-state index in [4.69, 9.17) is 35.4 Å². The lowest BCUT2D eigenvalue weighted by molar-refractivity contribution is 0.358. The molecule has 0 aliphatic carbocycles. The quantitative estimate of drug-likeness (QED) is 0.735. The van der Waals surface area contributed by atoms with Crippen molar-refractivity contribution in [2.45, 2.75) is 45.7 Å². The Morgan fingerprint density at radius 1 is 1.30 bits per heavy atom. The molecule has 112 valence electrons. The molecule has 2 nitrogen and oxygen atoms in total. The van der Waals surface area contributed by atoms with Gasteiger partial charge in [0.05, 0.1) is 21.1 Å². The predicted octanol–water partition coefficient (Wildman–Crippen LogP) is 4.75. The van der Waals surface area contributed by atoms with E-state index < -0.39 is 0 Å². The largest absolute Gasteiger partial charge is 0.372 e. The zero-order chi connectivity index (χ0) is 15.3. The Morgan fingerprint density at radius 2 is 1.95 bits per heavy atom. The van der Waals surface area contributed by atoms with Crippen LogP contribution in [0.5, 0.6) is 0 Å². The highest BCUT2D eigenvalue weighted by atomic mass is 35.5. The number of nitrogens with one attached hydrogen (secondary N) is 2. The number of hydrogen-bond acceptors (Lipinski definition) is 2. The van der Waals surface area contributed by atoms with Crippen LogP contribution in [0.25, 0.3) is 0 Å². The van der Waals surface area contributed by atoms with Gasteiger partial charge in [0, 0.05) is 12.1 Å². The van der Waals surface area contributed by atoms with Crippen molar-refractivity contribution in [3.05, 3.63) is 33.8 Å². The van der Waals surface area contributed by atoms with Crippen molar-refractivity contribution in [3.63, 3.8) is 0 Å². The first-order valence-electron chi connectivity index (χ1n) is 6.72. The van der Waals surface area contributed by atoms with Crippen molar-refractivity contribution >= 4 is 40.4 Å². The Bertz CT molecular complexity index is 475. The fourth-order valence-corrected chi connectivity index (χ4v) is 2.18. The average molecular weight is 333 g/mol. The average Bonchev–Trinajstić information content (AvgIpc) is 2.37. The summed E-state index contributed by atoms with van der Waals surface area (Å²) in [6, 6.07) is 5.76. The second-order valence-corrected chi connectivity index (χ2v) is 6.97. The van der Waals surface area contributed by atoms with Gasteiger partial charge in [-0.15, -0.1) is 0 Å². The van der Waals surface area contributed by atoms with E-state index in [1.807, 2.05) is 25.1 Å². The summed E-state index contributed by atoms with van der Waals surface area (Å²) in [5, 5.41) is 7.98. The molecule has 0 saturated carbocycles. The number of hydrogen-bond donors (Lipinski definition) is 2.